The van der Waals surface area contributed by atoms with Gasteiger partial charge in [-0.05, 0) is 48.5 Å². The van der Waals surface area contributed by atoms with Crippen molar-refractivity contribution in [2.24, 2.45) is 0 Å². The third kappa shape index (κ3) is 12.0. The van der Waals surface area contributed by atoms with Gasteiger partial charge < -0.3 is 40.9 Å². The third-order valence-electron chi connectivity index (χ3n) is 3.32. The van der Waals surface area contributed by atoms with Crippen LogP contribution in [0.1, 0.15) is 0 Å². The van der Waals surface area contributed by atoms with Crippen molar-refractivity contribution >= 4 is 0 Å². The first-order valence-electron chi connectivity index (χ1n) is 9.07. The minimum absolute atomic E-state index is 0.0880. The maximum atomic E-state index is 8.65. The van der Waals surface area contributed by atoms with E-state index in [9.17, 15) is 0 Å². The number of hydrogen-bond donors (Lipinski definition) is 8. The Morgan fingerprint density at radius 3 is 0.438 bits per heavy atom. The van der Waals surface area contributed by atoms with E-state index in [1.807, 2.05) is 0 Å². The van der Waals surface area contributed by atoms with Crippen LogP contribution < -0.4 is 0 Å². The summed E-state index contributed by atoms with van der Waals surface area (Å²) in [5.41, 5.74) is 0. The molecule has 0 fully saturated rings. The molecule has 0 unspecified atom stereocenters. The SMILES string of the molecule is Oc1cccc(O)c1.Oc1cccc(O)c1.Oc1cccc(O)c1.Oc1cccc(O)c1. The van der Waals surface area contributed by atoms with Gasteiger partial charge in [-0.1, -0.05) is 24.3 Å². The van der Waals surface area contributed by atoms with E-state index in [2.05, 4.69) is 0 Å². The summed E-state index contributed by atoms with van der Waals surface area (Å²) in [5.74, 6) is 0.704. The molecular weight excluding hydrogens is 416 g/mol. The van der Waals surface area contributed by atoms with Crippen molar-refractivity contribution in [2.45, 2.75) is 0 Å². The fourth-order valence-electron chi connectivity index (χ4n) is 1.97. The predicted molar refractivity (Wildman–Crippen MR) is 119 cm³/mol. The number of phenolic OH excluding ortho intramolecular Hbond substituents is 8. The van der Waals surface area contributed by atoms with Crippen molar-refractivity contribution in [2.75, 3.05) is 0 Å². The zero-order chi connectivity index (χ0) is 23.9. The van der Waals surface area contributed by atoms with Gasteiger partial charge in [-0.15, -0.1) is 0 Å². The number of rotatable bonds is 0. The first-order valence-corrected chi connectivity index (χ1v) is 9.07. The van der Waals surface area contributed by atoms with Gasteiger partial charge >= 0.3 is 0 Å². The lowest BCUT2D eigenvalue weighted by Gasteiger charge is -1.89. The Morgan fingerprint density at radius 2 is 0.375 bits per heavy atom. The quantitative estimate of drug-likeness (QED) is 0.200. The number of phenols is 8. The molecule has 0 saturated carbocycles. The first-order chi connectivity index (χ1) is 15.2. The third-order valence-corrected chi connectivity index (χ3v) is 3.32. The van der Waals surface area contributed by atoms with Gasteiger partial charge in [0.25, 0.3) is 0 Å². The molecule has 0 spiro atoms. The molecule has 8 nitrogen and oxygen atoms in total. The van der Waals surface area contributed by atoms with Crippen molar-refractivity contribution < 1.29 is 40.9 Å². The Labute approximate surface area is 184 Å². The summed E-state index contributed by atoms with van der Waals surface area (Å²) in [4.78, 5) is 0. The summed E-state index contributed by atoms with van der Waals surface area (Å²) in [6.45, 7) is 0. The zero-order valence-corrected chi connectivity index (χ0v) is 16.8. The lowest BCUT2D eigenvalue weighted by molar-refractivity contribution is 0.449. The van der Waals surface area contributed by atoms with Crippen LogP contribution in [0.2, 0.25) is 0 Å². The molecule has 32 heavy (non-hydrogen) atoms. The Morgan fingerprint density at radius 1 is 0.250 bits per heavy atom. The van der Waals surface area contributed by atoms with Crippen molar-refractivity contribution in [3.63, 3.8) is 0 Å². The van der Waals surface area contributed by atoms with Gasteiger partial charge in [0.05, 0.1) is 0 Å². The predicted octanol–water partition coefficient (Wildman–Crippen LogP) is 4.39. The van der Waals surface area contributed by atoms with Crippen molar-refractivity contribution in [3.05, 3.63) is 97.1 Å². The van der Waals surface area contributed by atoms with Crippen LogP contribution in [0.4, 0.5) is 0 Å². The number of hydrogen-bond acceptors (Lipinski definition) is 8. The van der Waals surface area contributed by atoms with Gasteiger partial charge in [0, 0.05) is 24.3 Å². The van der Waals surface area contributed by atoms with Crippen LogP contribution in [0.5, 0.6) is 46.0 Å². The van der Waals surface area contributed by atoms with Crippen molar-refractivity contribution in [1.29, 1.82) is 0 Å². The van der Waals surface area contributed by atoms with Crippen LogP contribution in [0.15, 0.2) is 97.1 Å². The van der Waals surface area contributed by atoms with Crippen molar-refractivity contribution in [3.8, 4) is 46.0 Å². The highest BCUT2D eigenvalue weighted by atomic mass is 16.3. The highest BCUT2D eigenvalue weighted by Crippen LogP contribution is 2.16. The van der Waals surface area contributed by atoms with Crippen LogP contribution in [-0.4, -0.2) is 40.9 Å². The lowest BCUT2D eigenvalue weighted by atomic mass is 10.3. The topological polar surface area (TPSA) is 162 Å². The van der Waals surface area contributed by atoms with Gasteiger partial charge in [0.15, 0.2) is 0 Å². The summed E-state index contributed by atoms with van der Waals surface area (Å²) < 4.78 is 0. The van der Waals surface area contributed by atoms with Gasteiger partial charge in [-0.3, -0.25) is 0 Å². The maximum Gasteiger partial charge on any atom is 0.119 e. The Balaban J connectivity index is 0.000000213. The van der Waals surface area contributed by atoms with E-state index in [0.717, 1.165) is 0 Å². The summed E-state index contributed by atoms with van der Waals surface area (Å²) in [6.07, 6.45) is 0. The second-order valence-electron chi connectivity index (χ2n) is 6.08. The van der Waals surface area contributed by atoms with Crippen LogP contribution in [0.3, 0.4) is 0 Å². The molecule has 4 aromatic carbocycles. The molecule has 4 rings (SSSR count). The zero-order valence-electron chi connectivity index (χ0n) is 16.8. The number of benzene rings is 4. The standard InChI is InChI=1S/4C6H6O2/c4*7-5-2-1-3-6(8)4-5/h4*1-4,7-8H. The van der Waals surface area contributed by atoms with Crippen LogP contribution in [-0.2, 0) is 0 Å². The molecule has 8 N–H and O–H groups in total. The van der Waals surface area contributed by atoms with E-state index in [1.165, 1.54) is 72.8 Å². The lowest BCUT2D eigenvalue weighted by Crippen LogP contribution is -1.61. The van der Waals surface area contributed by atoms with Crippen LogP contribution in [0.25, 0.3) is 0 Å². The molecular formula is C24H24O8. The molecule has 0 aliphatic heterocycles. The van der Waals surface area contributed by atoms with Gasteiger partial charge in [0.2, 0.25) is 0 Å². The Hall–Kier alpha value is -4.72. The Bertz CT molecular complexity index is 840. The van der Waals surface area contributed by atoms with Crippen LogP contribution >= 0.6 is 0 Å². The van der Waals surface area contributed by atoms with E-state index >= 15 is 0 Å². The minimum Gasteiger partial charge on any atom is -0.508 e. The monoisotopic (exact) mass is 440 g/mol. The minimum atomic E-state index is 0.0880. The largest absolute Gasteiger partial charge is 0.508 e. The smallest absolute Gasteiger partial charge is 0.119 e. The average Bonchev–Trinajstić information content (AvgIpc) is 2.69. The fourth-order valence-corrected chi connectivity index (χ4v) is 1.97. The van der Waals surface area contributed by atoms with Crippen LogP contribution in [0, 0.1) is 0 Å². The normalized spacial score (nSPS) is 9.00. The maximum absolute atomic E-state index is 8.65. The first kappa shape index (κ1) is 25.3. The molecule has 0 radical (unpaired) electrons. The molecule has 0 atom stereocenters. The molecule has 0 heterocycles. The highest BCUT2D eigenvalue weighted by Gasteiger charge is 1.87. The van der Waals surface area contributed by atoms with E-state index in [-0.39, 0.29) is 46.0 Å². The molecule has 0 aliphatic rings. The molecule has 0 saturated heterocycles. The fraction of sp³-hybridized carbons (Fsp3) is 0. The second kappa shape index (κ2) is 13.5. The summed E-state index contributed by atoms with van der Waals surface area (Å²) >= 11 is 0. The molecule has 0 aromatic heterocycles. The van der Waals surface area contributed by atoms with Gasteiger partial charge in [-0.25, -0.2) is 0 Å². The average molecular weight is 440 g/mol. The van der Waals surface area contributed by atoms with Crippen molar-refractivity contribution in [1.82, 2.24) is 0 Å². The molecule has 168 valence electrons. The summed E-state index contributed by atoms with van der Waals surface area (Å²) in [6, 6.07) is 23.4. The van der Waals surface area contributed by atoms with E-state index in [4.69, 9.17) is 40.9 Å². The molecule has 0 bridgehead atoms. The highest BCUT2D eigenvalue weighted by molar-refractivity contribution is 5.32. The van der Waals surface area contributed by atoms with Gasteiger partial charge in [-0.2, -0.15) is 0 Å². The van der Waals surface area contributed by atoms with Gasteiger partial charge in [0.1, 0.15) is 46.0 Å². The molecule has 8 heteroatoms. The van der Waals surface area contributed by atoms with E-state index in [0.29, 0.717) is 0 Å². The Kier molecular flexibility index (Phi) is 10.7. The van der Waals surface area contributed by atoms with E-state index in [1.54, 1.807) is 24.3 Å². The summed E-state index contributed by atoms with van der Waals surface area (Å²) in [5, 5.41) is 69.2. The second-order valence-corrected chi connectivity index (χ2v) is 6.08. The molecule has 4 aromatic rings. The summed E-state index contributed by atoms with van der Waals surface area (Å²) in [7, 11) is 0. The number of aromatic hydroxyl groups is 8. The molecule has 0 aliphatic carbocycles. The molecule has 0 amide bonds. The van der Waals surface area contributed by atoms with E-state index < -0.39 is 0 Å².